The Kier molecular flexibility index (Phi) is 11.7. The molecule has 0 fully saturated rings. The molecule has 0 heterocycles. The van der Waals surface area contributed by atoms with E-state index in [0.29, 0.717) is 24.6 Å². The fourth-order valence-electron chi connectivity index (χ4n) is 2.16. The molecular weight excluding hydrogens is 378 g/mol. The third-order valence-corrected chi connectivity index (χ3v) is 9.15. The van der Waals surface area contributed by atoms with Gasteiger partial charge in [-0.25, -0.2) is 0 Å². The Morgan fingerprint density at radius 1 is 0.917 bits per heavy atom. The lowest BCUT2D eigenvalue weighted by atomic mass is 10.1. The molecule has 0 aliphatic rings. The van der Waals surface area contributed by atoms with E-state index >= 15 is 0 Å². The summed E-state index contributed by atoms with van der Waals surface area (Å²) in [7, 11) is -10.0. The number of carboxylic acid groups (broad SMARTS) is 1. The van der Waals surface area contributed by atoms with Crippen molar-refractivity contribution in [3.63, 3.8) is 0 Å². The summed E-state index contributed by atoms with van der Waals surface area (Å²) in [6, 6.07) is 0. The van der Waals surface area contributed by atoms with Crippen molar-refractivity contribution in [3.8, 4) is 0 Å². The van der Waals surface area contributed by atoms with Gasteiger partial charge in [0.1, 0.15) is 5.25 Å². The van der Waals surface area contributed by atoms with Crippen LogP contribution in [0.1, 0.15) is 58.3 Å². The van der Waals surface area contributed by atoms with Gasteiger partial charge in [-0.2, -0.15) is 0 Å². The van der Waals surface area contributed by atoms with Gasteiger partial charge in [0, 0.05) is 5.75 Å². The van der Waals surface area contributed by atoms with Crippen LogP contribution in [0.5, 0.6) is 0 Å². The predicted molar refractivity (Wildman–Crippen MR) is 94.4 cm³/mol. The Hall–Kier alpha value is 0.120. The lowest BCUT2D eigenvalue weighted by Crippen LogP contribution is -2.21. The first-order valence-corrected chi connectivity index (χ1v) is 12.4. The summed E-state index contributed by atoms with van der Waals surface area (Å²) < 4.78 is 22.4. The van der Waals surface area contributed by atoms with E-state index in [4.69, 9.17) is 24.7 Å². The van der Waals surface area contributed by atoms with E-state index in [0.717, 1.165) is 32.1 Å². The minimum Gasteiger partial charge on any atom is -0.480 e. The quantitative estimate of drug-likeness (QED) is 0.216. The summed E-state index contributed by atoms with van der Waals surface area (Å²) >= 11 is 0.679. The molecule has 0 radical (unpaired) electrons. The summed E-state index contributed by atoms with van der Waals surface area (Å²) in [6.45, 7) is 2.12. The number of unbranched alkanes of at least 4 members (excludes halogenated alkanes) is 6. The predicted octanol–water partition coefficient (Wildman–Crippen LogP) is 3.00. The van der Waals surface area contributed by atoms with Crippen molar-refractivity contribution < 1.29 is 38.6 Å². The number of carboxylic acids is 1. The summed E-state index contributed by atoms with van der Waals surface area (Å²) in [5, 5.41) is 6.06. The molecule has 1 unspecified atom stereocenters. The maximum Gasteiger partial charge on any atom is 0.341 e. The molecule has 0 aromatic carbocycles. The number of hydrogen-bond donors (Lipinski definition) is 5. The van der Waals surface area contributed by atoms with Gasteiger partial charge in [0.05, 0.1) is 0 Å². The Bertz CT molecular complexity index is 439. The summed E-state index contributed by atoms with van der Waals surface area (Å²) in [4.78, 5) is 47.4. The molecule has 144 valence electrons. The van der Waals surface area contributed by atoms with Crippen LogP contribution < -0.4 is 0 Å². The van der Waals surface area contributed by atoms with Crippen LogP contribution in [0.25, 0.3) is 0 Å². The van der Waals surface area contributed by atoms with E-state index in [1.165, 1.54) is 6.42 Å². The van der Waals surface area contributed by atoms with Crippen LogP contribution in [0.2, 0.25) is 0 Å². The van der Waals surface area contributed by atoms with Gasteiger partial charge in [0.2, 0.25) is 0 Å². The van der Waals surface area contributed by atoms with Gasteiger partial charge in [-0.15, -0.1) is 11.8 Å². The highest BCUT2D eigenvalue weighted by atomic mass is 32.2. The third-order valence-electron chi connectivity index (χ3n) is 3.57. The van der Waals surface area contributed by atoms with Crippen molar-refractivity contribution in [2.24, 2.45) is 0 Å². The summed E-state index contributed by atoms with van der Waals surface area (Å²) in [5.41, 5.74) is 0. The SMILES string of the molecule is CCCCCCCCCC(SCC(P(=O)(O)O)P(=O)(O)O)C(=O)O. The third kappa shape index (κ3) is 10.9. The highest BCUT2D eigenvalue weighted by Gasteiger charge is 2.43. The molecule has 0 amide bonds. The maximum absolute atomic E-state index is 11.2. The second-order valence-electron chi connectivity index (χ2n) is 5.73. The van der Waals surface area contributed by atoms with Crippen molar-refractivity contribution in [2.75, 3.05) is 5.75 Å². The second kappa shape index (κ2) is 11.7. The van der Waals surface area contributed by atoms with E-state index < -0.39 is 37.6 Å². The van der Waals surface area contributed by atoms with E-state index in [1.807, 2.05) is 0 Å². The van der Waals surface area contributed by atoms with Gasteiger partial charge in [-0.05, 0) is 6.42 Å². The zero-order valence-corrected chi connectivity index (χ0v) is 16.4. The van der Waals surface area contributed by atoms with E-state index in [9.17, 15) is 13.9 Å². The largest absolute Gasteiger partial charge is 0.480 e. The summed E-state index contributed by atoms with van der Waals surface area (Å²) in [6.07, 6.45) is 7.42. The number of carbonyl (C=O) groups is 1. The van der Waals surface area contributed by atoms with Crippen molar-refractivity contribution >= 4 is 32.9 Å². The highest BCUT2D eigenvalue weighted by Crippen LogP contribution is 2.60. The van der Waals surface area contributed by atoms with Crippen molar-refractivity contribution in [3.05, 3.63) is 0 Å². The molecule has 24 heavy (non-hydrogen) atoms. The lowest BCUT2D eigenvalue weighted by molar-refractivity contribution is -0.136. The molecule has 0 aromatic rings. The van der Waals surface area contributed by atoms with Crippen LogP contribution >= 0.6 is 27.0 Å². The molecule has 0 saturated heterocycles. The van der Waals surface area contributed by atoms with Crippen LogP contribution in [-0.2, 0) is 13.9 Å². The Balaban J connectivity index is 4.36. The van der Waals surface area contributed by atoms with Crippen LogP contribution in [-0.4, -0.2) is 47.1 Å². The lowest BCUT2D eigenvalue weighted by Gasteiger charge is -2.21. The van der Waals surface area contributed by atoms with Crippen LogP contribution in [0.3, 0.4) is 0 Å². The molecule has 1 atom stereocenters. The standard InChI is InChI=1S/C13H28O8P2S/c1-2-3-4-5-6-7-8-9-11(13(14)15)24-10-12(22(16,17)18)23(19,20)21/h11-12H,2-10H2,1H3,(H,14,15)(H2,16,17,18)(H2,19,20,21). The molecule has 0 aromatic heterocycles. The Morgan fingerprint density at radius 2 is 1.38 bits per heavy atom. The number of thioether (sulfide) groups is 1. The second-order valence-corrected chi connectivity index (χ2v) is 11.0. The van der Waals surface area contributed by atoms with Crippen molar-refractivity contribution in [1.29, 1.82) is 0 Å². The highest BCUT2D eigenvalue weighted by molar-refractivity contribution is 8.01. The number of rotatable bonds is 14. The van der Waals surface area contributed by atoms with E-state index in [-0.39, 0.29) is 0 Å². The maximum atomic E-state index is 11.2. The molecule has 0 aliphatic heterocycles. The molecule has 0 rings (SSSR count). The van der Waals surface area contributed by atoms with Crippen LogP contribution in [0.15, 0.2) is 0 Å². The molecule has 11 heteroatoms. The van der Waals surface area contributed by atoms with Crippen LogP contribution in [0, 0.1) is 0 Å². The zero-order valence-electron chi connectivity index (χ0n) is 13.8. The Morgan fingerprint density at radius 3 is 1.79 bits per heavy atom. The molecule has 5 N–H and O–H groups in total. The van der Waals surface area contributed by atoms with Gasteiger partial charge in [0.15, 0.2) is 5.40 Å². The number of aliphatic carboxylic acids is 1. The fourth-order valence-corrected chi connectivity index (χ4v) is 6.68. The van der Waals surface area contributed by atoms with Gasteiger partial charge < -0.3 is 24.7 Å². The molecule has 0 bridgehead atoms. The van der Waals surface area contributed by atoms with Gasteiger partial charge >= 0.3 is 21.2 Å². The minimum atomic E-state index is -5.01. The molecule has 8 nitrogen and oxygen atoms in total. The molecule has 0 spiro atoms. The molecule has 0 saturated carbocycles. The minimum absolute atomic E-state index is 0.308. The zero-order chi connectivity index (χ0) is 18.8. The molecular formula is C13H28O8P2S. The van der Waals surface area contributed by atoms with Gasteiger partial charge in [-0.3, -0.25) is 13.9 Å². The fraction of sp³-hybridized carbons (Fsp3) is 0.923. The van der Waals surface area contributed by atoms with Crippen molar-refractivity contribution in [1.82, 2.24) is 0 Å². The average Bonchev–Trinajstić information content (AvgIpc) is 2.41. The first-order valence-electron chi connectivity index (χ1n) is 7.95. The number of hydrogen-bond acceptors (Lipinski definition) is 4. The van der Waals surface area contributed by atoms with Crippen LogP contribution in [0.4, 0.5) is 0 Å². The van der Waals surface area contributed by atoms with Gasteiger partial charge in [-0.1, -0.05) is 51.9 Å². The monoisotopic (exact) mass is 406 g/mol. The average molecular weight is 406 g/mol. The topological polar surface area (TPSA) is 152 Å². The van der Waals surface area contributed by atoms with E-state index in [2.05, 4.69) is 6.92 Å². The van der Waals surface area contributed by atoms with Crippen molar-refractivity contribution in [2.45, 2.75) is 68.9 Å². The summed E-state index contributed by atoms with van der Waals surface area (Å²) in [5.74, 6) is -1.73. The first kappa shape index (κ1) is 24.1. The van der Waals surface area contributed by atoms with Gasteiger partial charge in [0.25, 0.3) is 0 Å². The Labute approximate surface area is 146 Å². The first-order chi connectivity index (χ1) is 11.0. The molecule has 0 aliphatic carbocycles. The van der Waals surface area contributed by atoms with E-state index in [1.54, 1.807) is 0 Å². The normalized spacial score (nSPS) is 14.1. The smallest absolute Gasteiger partial charge is 0.341 e.